The first-order chi connectivity index (χ1) is 11.9. The minimum atomic E-state index is -0.427. The van der Waals surface area contributed by atoms with E-state index in [-0.39, 0.29) is 17.3 Å². The second-order valence-corrected chi connectivity index (χ2v) is 6.39. The van der Waals surface area contributed by atoms with E-state index in [2.05, 4.69) is 17.2 Å². The molecule has 1 heterocycles. The Balaban J connectivity index is 2.13. The van der Waals surface area contributed by atoms with Crippen molar-refractivity contribution in [3.63, 3.8) is 0 Å². The van der Waals surface area contributed by atoms with E-state index in [1.54, 1.807) is 48.3 Å². The van der Waals surface area contributed by atoms with Gasteiger partial charge in [0.2, 0.25) is 0 Å². The molecule has 1 N–H and O–H groups in total. The molecule has 0 bridgehead atoms. The SMILES string of the molecule is CCCCN(C)C(=O)c1cccc(C(=O)Nc2ccc(Cl)c(Cl)c2)n1. The number of rotatable bonds is 6. The quantitative estimate of drug-likeness (QED) is 0.802. The third kappa shape index (κ3) is 5.18. The van der Waals surface area contributed by atoms with Crippen molar-refractivity contribution in [3.05, 3.63) is 57.8 Å². The van der Waals surface area contributed by atoms with Crippen LogP contribution in [-0.2, 0) is 0 Å². The number of hydrogen-bond donors (Lipinski definition) is 1. The minimum Gasteiger partial charge on any atom is -0.340 e. The molecule has 7 heteroatoms. The van der Waals surface area contributed by atoms with Gasteiger partial charge in [-0.05, 0) is 36.8 Å². The first-order valence-corrected chi connectivity index (χ1v) is 8.67. The third-order valence-corrected chi connectivity index (χ3v) is 4.31. The van der Waals surface area contributed by atoms with Crippen LogP contribution in [0, 0.1) is 0 Å². The highest BCUT2D eigenvalue weighted by molar-refractivity contribution is 6.42. The zero-order valence-corrected chi connectivity index (χ0v) is 15.6. The summed E-state index contributed by atoms with van der Waals surface area (Å²) in [5.41, 5.74) is 0.888. The number of halogens is 2. The third-order valence-electron chi connectivity index (χ3n) is 3.57. The lowest BCUT2D eigenvalue weighted by Crippen LogP contribution is -2.29. The zero-order chi connectivity index (χ0) is 18.4. The van der Waals surface area contributed by atoms with Crippen molar-refractivity contribution in [3.8, 4) is 0 Å². The number of amides is 2. The molecule has 25 heavy (non-hydrogen) atoms. The number of unbranched alkanes of at least 4 members (excludes halogenated alkanes) is 1. The van der Waals surface area contributed by atoms with Crippen molar-refractivity contribution in [2.75, 3.05) is 18.9 Å². The second kappa shape index (κ2) is 8.83. The largest absolute Gasteiger partial charge is 0.340 e. The predicted octanol–water partition coefficient (Wildman–Crippen LogP) is 4.51. The molecule has 0 aliphatic carbocycles. The van der Waals surface area contributed by atoms with Gasteiger partial charge in [0.25, 0.3) is 11.8 Å². The maximum atomic E-state index is 12.4. The summed E-state index contributed by atoms with van der Waals surface area (Å²) in [6.07, 6.45) is 1.91. The van der Waals surface area contributed by atoms with Gasteiger partial charge < -0.3 is 10.2 Å². The van der Waals surface area contributed by atoms with Crippen molar-refractivity contribution >= 4 is 40.7 Å². The Kier molecular flexibility index (Phi) is 6.79. The number of carbonyl (C=O) groups is 2. The zero-order valence-electron chi connectivity index (χ0n) is 14.1. The molecule has 0 saturated carbocycles. The summed E-state index contributed by atoms with van der Waals surface area (Å²) in [6.45, 7) is 2.71. The average molecular weight is 380 g/mol. The second-order valence-electron chi connectivity index (χ2n) is 5.57. The Bertz CT molecular complexity index is 781. The van der Waals surface area contributed by atoms with E-state index < -0.39 is 5.91 Å². The molecule has 0 fully saturated rings. The molecule has 132 valence electrons. The van der Waals surface area contributed by atoms with Crippen molar-refractivity contribution in [2.24, 2.45) is 0 Å². The molecule has 5 nitrogen and oxygen atoms in total. The van der Waals surface area contributed by atoms with E-state index in [1.165, 1.54) is 0 Å². The Morgan fingerprint density at radius 1 is 1.12 bits per heavy atom. The van der Waals surface area contributed by atoms with E-state index >= 15 is 0 Å². The van der Waals surface area contributed by atoms with Crippen LogP contribution in [0.15, 0.2) is 36.4 Å². The van der Waals surface area contributed by atoms with Gasteiger partial charge in [0, 0.05) is 19.3 Å². The van der Waals surface area contributed by atoms with E-state index in [4.69, 9.17) is 23.2 Å². The van der Waals surface area contributed by atoms with Gasteiger partial charge in [0.05, 0.1) is 10.0 Å². The highest BCUT2D eigenvalue weighted by atomic mass is 35.5. The lowest BCUT2D eigenvalue weighted by atomic mass is 10.2. The van der Waals surface area contributed by atoms with E-state index in [1.807, 2.05) is 0 Å². The number of hydrogen-bond acceptors (Lipinski definition) is 3. The van der Waals surface area contributed by atoms with Gasteiger partial charge in [-0.3, -0.25) is 9.59 Å². The molecule has 0 aliphatic heterocycles. The number of carbonyl (C=O) groups excluding carboxylic acids is 2. The summed E-state index contributed by atoms with van der Waals surface area (Å²) in [6, 6.07) is 9.57. The maximum absolute atomic E-state index is 12.4. The molecule has 0 aliphatic rings. The maximum Gasteiger partial charge on any atom is 0.274 e. The van der Waals surface area contributed by atoms with E-state index in [0.29, 0.717) is 22.3 Å². The molecule has 1 aromatic carbocycles. The molecule has 0 radical (unpaired) electrons. The summed E-state index contributed by atoms with van der Waals surface area (Å²) >= 11 is 11.8. The summed E-state index contributed by atoms with van der Waals surface area (Å²) in [7, 11) is 1.72. The number of anilines is 1. The number of pyridine rings is 1. The molecule has 0 unspecified atom stereocenters. The minimum absolute atomic E-state index is 0.154. The first kappa shape index (κ1) is 19.2. The summed E-state index contributed by atoms with van der Waals surface area (Å²) in [5.74, 6) is -0.637. The Hall–Kier alpha value is -2.11. The lowest BCUT2D eigenvalue weighted by Gasteiger charge is -2.16. The van der Waals surface area contributed by atoms with Gasteiger partial charge in [-0.25, -0.2) is 4.98 Å². The topological polar surface area (TPSA) is 62.3 Å². The summed E-state index contributed by atoms with van der Waals surface area (Å²) in [5, 5.41) is 3.43. The molecule has 2 amide bonds. The van der Waals surface area contributed by atoms with Crippen LogP contribution in [0.25, 0.3) is 0 Å². The lowest BCUT2D eigenvalue weighted by molar-refractivity contribution is 0.0787. The molecule has 2 aromatic rings. The fraction of sp³-hybridized carbons (Fsp3) is 0.278. The number of nitrogens with zero attached hydrogens (tertiary/aromatic N) is 2. The Labute approximate surface area is 157 Å². The van der Waals surface area contributed by atoms with E-state index in [9.17, 15) is 9.59 Å². The van der Waals surface area contributed by atoms with Crippen LogP contribution in [-0.4, -0.2) is 35.3 Å². The van der Waals surface area contributed by atoms with Gasteiger partial charge in [0.15, 0.2) is 0 Å². The first-order valence-electron chi connectivity index (χ1n) is 7.91. The molecule has 1 aromatic heterocycles. The molecular weight excluding hydrogens is 361 g/mol. The van der Waals surface area contributed by atoms with Gasteiger partial charge in [-0.1, -0.05) is 42.6 Å². The Morgan fingerprint density at radius 3 is 2.52 bits per heavy atom. The van der Waals surface area contributed by atoms with Crippen LogP contribution < -0.4 is 5.32 Å². The van der Waals surface area contributed by atoms with Crippen LogP contribution in [0.1, 0.15) is 40.7 Å². The monoisotopic (exact) mass is 379 g/mol. The fourth-order valence-corrected chi connectivity index (χ4v) is 2.44. The average Bonchev–Trinajstić information content (AvgIpc) is 2.62. The fourth-order valence-electron chi connectivity index (χ4n) is 2.14. The molecule has 2 rings (SSSR count). The highest BCUT2D eigenvalue weighted by Gasteiger charge is 2.16. The van der Waals surface area contributed by atoms with Crippen LogP contribution in [0.2, 0.25) is 10.0 Å². The van der Waals surface area contributed by atoms with Crippen molar-refractivity contribution in [1.82, 2.24) is 9.88 Å². The van der Waals surface area contributed by atoms with Crippen molar-refractivity contribution < 1.29 is 9.59 Å². The summed E-state index contributed by atoms with van der Waals surface area (Å²) in [4.78, 5) is 30.5. The molecular formula is C18H19Cl2N3O2. The van der Waals surface area contributed by atoms with Gasteiger partial charge in [0.1, 0.15) is 11.4 Å². The van der Waals surface area contributed by atoms with Crippen LogP contribution in [0.4, 0.5) is 5.69 Å². The smallest absolute Gasteiger partial charge is 0.274 e. The predicted molar refractivity (Wildman–Crippen MR) is 101 cm³/mol. The van der Waals surface area contributed by atoms with Crippen LogP contribution >= 0.6 is 23.2 Å². The highest BCUT2D eigenvalue weighted by Crippen LogP contribution is 2.25. The standard InChI is InChI=1S/C18H19Cl2N3O2/c1-3-4-10-23(2)18(25)16-7-5-6-15(22-16)17(24)21-12-8-9-13(19)14(20)11-12/h5-9,11H,3-4,10H2,1-2H3,(H,21,24). The normalized spacial score (nSPS) is 10.4. The van der Waals surface area contributed by atoms with Gasteiger partial charge in [-0.2, -0.15) is 0 Å². The van der Waals surface area contributed by atoms with E-state index in [0.717, 1.165) is 12.8 Å². The van der Waals surface area contributed by atoms with Gasteiger partial charge in [-0.15, -0.1) is 0 Å². The number of benzene rings is 1. The molecule has 0 saturated heterocycles. The van der Waals surface area contributed by atoms with Crippen molar-refractivity contribution in [2.45, 2.75) is 19.8 Å². The van der Waals surface area contributed by atoms with Crippen LogP contribution in [0.5, 0.6) is 0 Å². The van der Waals surface area contributed by atoms with Crippen LogP contribution in [0.3, 0.4) is 0 Å². The van der Waals surface area contributed by atoms with Crippen molar-refractivity contribution in [1.29, 1.82) is 0 Å². The molecule has 0 spiro atoms. The number of aromatic nitrogens is 1. The Morgan fingerprint density at radius 2 is 1.84 bits per heavy atom. The number of nitrogens with one attached hydrogen (secondary N) is 1. The summed E-state index contributed by atoms with van der Waals surface area (Å²) < 4.78 is 0. The molecule has 0 atom stereocenters. The van der Waals surface area contributed by atoms with Gasteiger partial charge >= 0.3 is 0 Å².